The minimum atomic E-state index is -2.99. The molecule has 0 aliphatic heterocycles. The van der Waals surface area contributed by atoms with Crippen LogP contribution in [0.5, 0.6) is 11.5 Å². The summed E-state index contributed by atoms with van der Waals surface area (Å²) in [5, 5.41) is 2.49. The largest absolute Gasteiger partial charge is 0.493 e. The molecule has 2 amide bonds. The fraction of sp³-hybridized carbons (Fsp3) is 0.529. The summed E-state index contributed by atoms with van der Waals surface area (Å²) in [6.07, 6.45) is 0. The van der Waals surface area contributed by atoms with Crippen molar-refractivity contribution >= 4 is 11.8 Å². The number of carbonyl (C=O) groups excluding carboxylic acids is 2. The zero-order chi connectivity index (χ0) is 19.9. The monoisotopic (exact) mass is 373 g/mol. The van der Waals surface area contributed by atoms with E-state index in [1.54, 1.807) is 19.9 Å². The molecule has 0 bridgehead atoms. The van der Waals surface area contributed by atoms with E-state index in [4.69, 9.17) is 10.5 Å². The Balaban J connectivity index is 2.67. The molecular weight excluding hydrogens is 348 g/mol. The summed E-state index contributed by atoms with van der Waals surface area (Å²) in [6.45, 7) is 0.571. The van der Waals surface area contributed by atoms with Gasteiger partial charge >= 0.3 is 6.61 Å². The Labute approximate surface area is 151 Å². The first kappa shape index (κ1) is 21.6. The first-order valence-electron chi connectivity index (χ1n) is 8.04. The smallest absolute Gasteiger partial charge is 0.387 e. The lowest BCUT2D eigenvalue weighted by molar-refractivity contribution is -0.132. The molecule has 0 saturated heterocycles. The van der Waals surface area contributed by atoms with Crippen molar-refractivity contribution in [2.75, 3.05) is 20.7 Å². The number of ether oxygens (including phenoxy) is 2. The molecule has 7 nitrogen and oxygen atoms in total. The van der Waals surface area contributed by atoms with Crippen molar-refractivity contribution in [3.63, 3.8) is 0 Å². The number of halogens is 2. The van der Waals surface area contributed by atoms with Gasteiger partial charge in [0.2, 0.25) is 11.8 Å². The second-order valence-corrected chi connectivity index (χ2v) is 6.10. The van der Waals surface area contributed by atoms with Crippen LogP contribution >= 0.6 is 0 Å². The van der Waals surface area contributed by atoms with Crippen LogP contribution in [-0.4, -0.2) is 50.1 Å². The number of hydrogen-bond donors (Lipinski definition) is 2. The van der Waals surface area contributed by atoms with Crippen LogP contribution in [0.15, 0.2) is 18.2 Å². The van der Waals surface area contributed by atoms with Crippen LogP contribution in [0.4, 0.5) is 8.78 Å². The van der Waals surface area contributed by atoms with E-state index >= 15 is 0 Å². The summed E-state index contributed by atoms with van der Waals surface area (Å²) in [5.74, 6) is -0.745. The second-order valence-electron chi connectivity index (χ2n) is 6.10. The zero-order valence-electron chi connectivity index (χ0n) is 15.3. The highest BCUT2D eigenvalue weighted by molar-refractivity contribution is 5.87. The predicted molar refractivity (Wildman–Crippen MR) is 91.9 cm³/mol. The van der Waals surface area contributed by atoms with E-state index in [-0.39, 0.29) is 36.4 Å². The lowest BCUT2D eigenvalue weighted by Gasteiger charge is -2.20. The van der Waals surface area contributed by atoms with Crippen LogP contribution in [-0.2, 0) is 16.1 Å². The van der Waals surface area contributed by atoms with E-state index in [9.17, 15) is 18.4 Å². The first-order valence-corrected chi connectivity index (χ1v) is 8.04. The molecule has 0 spiro atoms. The van der Waals surface area contributed by atoms with Gasteiger partial charge in [-0.2, -0.15) is 8.78 Å². The summed E-state index contributed by atoms with van der Waals surface area (Å²) >= 11 is 0. The molecule has 0 saturated carbocycles. The Morgan fingerprint density at radius 1 is 1.27 bits per heavy atom. The summed E-state index contributed by atoms with van der Waals surface area (Å²) in [7, 11) is 2.88. The van der Waals surface area contributed by atoms with E-state index in [2.05, 4.69) is 10.1 Å². The molecule has 0 aromatic heterocycles. The van der Waals surface area contributed by atoms with Crippen molar-refractivity contribution in [3.05, 3.63) is 23.8 Å². The van der Waals surface area contributed by atoms with Crippen molar-refractivity contribution in [1.82, 2.24) is 10.2 Å². The number of nitrogens with zero attached hydrogens (tertiary/aromatic N) is 1. The zero-order valence-corrected chi connectivity index (χ0v) is 15.3. The number of nitrogens with one attached hydrogen (secondary N) is 1. The van der Waals surface area contributed by atoms with Gasteiger partial charge in [0.15, 0.2) is 11.5 Å². The van der Waals surface area contributed by atoms with Gasteiger partial charge in [0.1, 0.15) is 0 Å². The normalized spacial score (nSPS) is 12.0. The van der Waals surface area contributed by atoms with Crippen molar-refractivity contribution in [2.45, 2.75) is 33.0 Å². The summed E-state index contributed by atoms with van der Waals surface area (Å²) in [6, 6.07) is 3.80. The summed E-state index contributed by atoms with van der Waals surface area (Å²) < 4.78 is 34.3. The topological polar surface area (TPSA) is 93.9 Å². The number of benzene rings is 1. The molecule has 1 aromatic carbocycles. The van der Waals surface area contributed by atoms with Gasteiger partial charge in [-0.25, -0.2) is 0 Å². The third kappa shape index (κ3) is 6.47. The van der Waals surface area contributed by atoms with Crippen LogP contribution < -0.4 is 20.5 Å². The highest BCUT2D eigenvalue weighted by Crippen LogP contribution is 2.29. The number of amides is 2. The molecule has 3 N–H and O–H groups in total. The van der Waals surface area contributed by atoms with E-state index in [1.807, 2.05) is 0 Å². The average Bonchev–Trinajstić information content (AvgIpc) is 2.58. The van der Waals surface area contributed by atoms with E-state index in [0.717, 1.165) is 0 Å². The number of hydrogen-bond acceptors (Lipinski definition) is 5. The standard InChI is InChI=1S/C17H25F2N3O4/c1-10(2)15(20)16(24)21-8-14(23)22(3)9-11-5-6-12(25-4)13(7-11)26-17(18)19/h5-7,10,15,17H,8-9,20H2,1-4H3,(H,21,24)/t15-/m0/s1. The molecule has 146 valence electrons. The Morgan fingerprint density at radius 2 is 1.92 bits per heavy atom. The van der Waals surface area contributed by atoms with E-state index in [1.165, 1.54) is 31.2 Å². The molecular formula is C17H25F2N3O4. The fourth-order valence-electron chi connectivity index (χ4n) is 2.09. The van der Waals surface area contributed by atoms with Crippen molar-refractivity contribution in [2.24, 2.45) is 11.7 Å². The van der Waals surface area contributed by atoms with Gasteiger partial charge in [0.05, 0.1) is 19.7 Å². The second kappa shape index (κ2) is 9.91. The molecule has 1 aromatic rings. The third-order valence-electron chi connectivity index (χ3n) is 3.72. The Bertz CT molecular complexity index is 626. The van der Waals surface area contributed by atoms with Gasteiger partial charge in [0.25, 0.3) is 0 Å². The summed E-state index contributed by atoms with van der Waals surface area (Å²) in [5.41, 5.74) is 6.28. The highest BCUT2D eigenvalue weighted by atomic mass is 19.3. The first-order chi connectivity index (χ1) is 12.1. The maximum absolute atomic E-state index is 12.5. The number of carbonyl (C=O) groups is 2. The molecule has 26 heavy (non-hydrogen) atoms. The molecule has 9 heteroatoms. The van der Waals surface area contributed by atoms with Crippen molar-refractivity contribution < 1.29 is 27.8 Å². The Morgan fingerprint density at radius 3 is 2.46 bits per heavy atom. The fourth-order valence-corrected chi connectivity index (χ4v) is 2.09. The predicted octanol–water partition coefficient (Wildman–Crippen LogP) is 1.35. The van der Waals surface area contributed by atoms with Crippen LogP contribution in [0.25, 0.3) is 0 Å². The van der Waals surface area contributed by atoms with Gasteiger partial charge in [0, 0.05) is 13.6 Å². The Hall–Kier alpha value is -2.42. The number of rotatable bonds is 9. The van der Waals surface area contributed by atoms with Gasteiger partial charge in [-0.3, -0.25) is 9.59 Å². The minimum Gasteiger partial charge on any atom is -0.493 e. The number of likely N-dealkylation sites (N-methyl/N-ethyl adjacent to an activating group) is 1. The summed E-state index contributed by atoms with van der Waals surface area (Å²) in [4.78, 5) is 25.3. The van der Waals surface area contributed by atoms with Crippen molar-refractivity contribution in [3.8, 4) is 11.5 Å². The number of nitrogens with two attached hydrogens (primary N) is 1. The minimum absolute atomic E-state index is 0.0459. The molecule has 1 atom stereocenters. The van der Waals surface area contributed by atoms with Crippen LogP contribution in [0.2, 0.25) is 0 Å². The lowest BCUT2D eigenvalue weighted by Crippen LogP contribution is -2.47. The third-order valence-corrected chi connectivity index (χ3v) is 3.72. The number of methoxy groups -OCH3 is 1. The van der Waals surface area contributed by atoms with Crippen molar-refractivity contribution in [1.29, 1.82) is 0 Å². The number of alkyl halides is 2. The molecule has 0 fully saturated rings. The molecule has 0 aliphatic carbocycles. The average molecular weight is 373 g/mol. The van der Waals surface area contributed by atoms with E-state index < -0.39 is 18.6 Å². The lowest BCUT2D eigenvalue weighted by atomic mass is 10.1. The van der Waals surface area contributed by atoms with Crippen LogP contribution in [0.3, 0.4) is 0 Å². The van der Waals surface area contributed by atoms with Gasteiger partial charge in [-0.1, -0.05) is 19.9 Å². The quantitative estimate of drug-likeness (QED) is 0.682. The van der Waals surface area contributed by atoms with Gasteiger partial charge < -0.3 is 25.4 Å². The molecule has 0 aliphatic rings. The maximum Gasteiger partial charge on any atom is 0.387 e. The molecule has 0 unspecified atom stereocenters. The Kier molecular flexibility index (Phi) is 8.24. The highest BCUT2D eigenvalue weighted by Gasteiger charge is 2.19. The molecule has 1 rings (SSSR count). The molecule has 0 radical (unpaired) electrons. The SMILES string of the molecule is COc1ccc(CN(C)C(=O)CNC(=O)[C@@H](N)C(C)C)cc1OC(F)F. The van der Waals surface area contributed by atoms with Crippen LogP contribution in [0, 0.1) is 5.92 Å². The molecule has 0 heterocycles. The maximum atomic E-state index is 12.5. The van der Waals surface area contributed by atoms with Gasteiger partial charge in [-0.15, -0.1) is 0 Å². The van der Waals surface area contributed by atoms with E-state index in [0.29, 0.717) is 5.56 Å². The van der Waals surface area contributed by atoms with Crippen LogP contribution in [0.1, 0.15) is 19.4 Å². The van der Waals surface area contributed by atoms with Gasteiger partial charge in [-0.05, 0) is 23.6 Å².